The minimum atomic E-state index is 0.433. The van der Waals surface area contributed by atoms with Gasteiger partial charge in [-0.1, -0.05) is 22.0 Å². The summed E-state index contributed by atoms with van der Waals surface area (Å²) in [6.45, 7) is 0. The van der Waals surface area contributed by atoms with Gasteiger partial charge in [0.1, 0.15) is 0 Å². The van der Waals surface area contributed by atoms with E-state index in [0.717, 1.165) is 17.6 Å². The Bertz CT molecular complexity index is 132. The molecule has 0 saturated carbocycles. The Kier molecular flexibility index (Phi) is 2.14. The molecule has 1 aliphatic heterocycles. The average Bonchev–Trinajstić information content (AvgIpc) is 2.14. The van der Waals surface area contributed by atoms with Gasteiger partial charge in [-0.25, -0.2) is 0 Å². The second-order valence-corrected chi connectivity index (χ2v) is 4.48. The molecule has 1 unspecified atom stereocenters. The van der Waals surface area contributed by atoms with Crippen LogP contribution in [0.2, 0.25) is 0 Å². The number of thioether (sulfide) groups is 1. The Labute approximate surface area is 60.7 Å². The molecule has 1 aliphatic rings. The molecule has 1 rings (SSSR count). The second kappa shape index (κ2) is 2.69. The Morgan fingerprint density at radius 1 is 2.00 bits per heavy atom. The minimum Gasteiger partial charge on any atom is -0.297 e. The van der Waals surface area contributed by atoms with E-state index in [-0.39, 0.29) is 0 Å². The number of carbonyl (C=O) groups is 1. The number of carbonyl (C=O) groups excluding carboxylic acids is 1. The summed E-state index contributed by atoms with van der Waals surface area (Å²) in [5, 5.41) is 0. The van der Waals surface area contributed by atoms with Crippen molar-refractivity contribution in [1.82, 2.24) is 0 Å². The van der Waals surface area contributed by atoms with Crippen LogP contribution in [0.25, 0.3) is 0 Å². The van der Waals surface area contributed by atoms with Crippen LogP contribution in [-0.2, 0) is 4.79 Å². The third-order valence-electron chi connectivity index (χ3n) is 0.884. The highest BCUT2D eigenvalue weighted by Gasteiger charge is 2.12. The molecule has 0 fully saturated rings. The molecule has 0 N–H and O–H groups in total. The van der Waals surface area contributed by atoms with Crippen LogP contribution in [0.15, 0.2) is 11.0 Å². The van der Waals surface area contributed by atoms with E-state index >= 15 is 0 Å². The lowest BCUT2D eigenvalue weighted by molar-refractivity contribution is -0.104. The van der Waals surface area contributed by atoms with E-state index in [9.17, 15) is 4.79 Å². The van der Waals surface area contributed by atoms with Crippen LogP contribution in [0.5, 0.6) is 0 Å². The average molecular weight is 193 g/mol. The number of hydrogen-bond donors (Lipinski definition) is 0. The molecule has 1 nitrogen and oxygen atoms in total. The van der Waals surface area contributed by atoms with E-state index in [1.807, 2.05) is 6.08 Å². The summed E-state index contributed by atoms with van der Waals surface area (Å²) < 4.78 is 0.433. The van der Waals surface area contributed by atoms with Gasteiger partial charge in [-0.05, 0) is 6.42 Å². The molecule has 1 atom stereocenters. The van der Waals surface area contributed by atoms with E-state index in [2.05, 4.69) is 15.9 Å². The van der Waals surface area contributed by atoms with Crippen molar-refractivity contribution < 1.29 is 4.79 Å². The highest BCUT2D eigenvalue weighted by Crippen LogP contribution is 2.34. The Hall–Kier alpha value is 0.240. The minimum absolute atomic E-state index is 0.433. The summed E-state index contributed by atoms with van der Waals surface area (Å²) in [7, 11) is 0. The van der Waals surface area contributed by atoms with E-state index in [1.54, 1.807) is 11.8 Å². The SMILES string of the molecule is O=CC1=CCC(Br)S1. The van der Waals surface area contributed by atoms with Crippen molar-refractivity contribution in [2.45, 2.75) is 10.6 Å². The monoisotopic (exact) mass is 192 g/mol. The molecule has 0 radical (unpaired) electrons. The number of aldehydes is 1. The molecule has 44 valence electrons. The van der Waals surface area contributed by atoms with Gasteiger partial charge >= 0.3 is 0 Å². The van der Waals surface area contributed by atoms with Crippen molar-refractivity contribution in [3.8, 4) is 0 Å². The van der Waals surface area contributed by atoms with Gasteiger partial charge in [0, 0.05) is 4.91 Å². The third kappa shape index (κ3) is 1.36. The van der Waals surface area contributed by atoms with Gasteiger partial charge in [0.2, 0.25) is 0 Å². The highest BCUT2D eigenvalue weighted by atomic mass is 79.9. The van der Waals surface area contributed by atoms with Crippen molar-refractivity contribution in [2.75, 3.05) is 0 Å². The fourth-order valence-electron chi connectivity index (χ4n) is 0.529. The van der Waals surface area contributed by atoms with Crippen LogP contribution < -0.4 is 0 Å². The largest absolute Gasteiger partial charge is 0.297 e. The Morgan fingerprint density at radius 3 is 3.00 bits per heavy atom. The molecule has 1 heterocycles. The first kappa shape index (κ1) is 6.36. The van der Waals surface area contributed by atoms with E-state index < -0.39 is 0 Å². The summed E-state index contributed by atoms with van der Waals surface area (Å²) in [6.07, 6.45) is 3.81. The zero-order valence-corrected chi connectivity index (χ0v) is 6.54. The van der Waals surface area contributed by atoms with Gasteiger partial charge < -0.3 is 0 Å². The summed E-state index contributed by atoms with van der Waals surface area (Å²) in [4.78, 5) is 10.9. The molecule has 8 heavy (non-hydrogen) atoms. The second-order valence-electron chi connectivity index (χ2n) is 1.49. The number of alkyl halides is 1. The van der Waals surface area contributed by atoms with E-state index in [1.165, 1.54) is 0 Å². The van der Waals surface area contributed by atoms with Crippen LogP contribution in [-0.4, -0.2) is 10.4 Å². The van der Waals surface area contributed by atoms with Gasteiger partial charge in [-0.15, -0.1) is 11.8 Å². The normalized spacial score (nSPS) is 27.6. The first-order valence-electron chi connectivity index (χ1n) is 2.29. The number of rotatable bonds is 1. The fourth-order valence-corrected chi connectivity index (χ4v) is 2.10. The topological polar surface area (TPSA) is 17.1 Å². The van der Waals surface area contributed by atoms with Crippen molar-refractivity contribution in [1.29, 1.82) is 0 Å². The smallest absolute Gasteiger partial charge is 0.156 e. The zero-order valence-electron chi connectivity index (χ0n) is 4.13. The molecule has 3 heteroatoms. The maximum Gasteiger partial charge on any atom is 0.156 e. The number of halogens is 1. The fraction of sp³-hybridized carbons (Fsp3) is 0.400. The van der Waals surface area contributed by atoms with Crippen LogP contribution in [0.3, 0.4) is 0 Å². The van der Waals surface area contributed by atoms with Crippen LogP contribution in [0.4, 0.5) is 0 Å². The molecule has 0 aromatic heterocycles. The van der Waals surface area contributed by atoms with Gasteiger partial charge in [0.05, 0.1) is 4.16 Å². The molecular weight excluding hydrogens is 188 g/mol. The predicted molar refractivity (Wildman–Crippen MR) is 39.1 cm³/mol. The number of allylic oxidation sites excluding steroid dienone is 2. The van der Waals surface area contributed by atoms with Gasteiger partial charge in [0.15, 0.2) is 6.29 Å². The molecule has 0 aliphatic carbocycles. The van der Waals surface area contributed by atoms with Crippen LogP contribution >= 0.6 is 27.7 Å². The Morgan fingerprint density at radius 2 is 2.75 bits per heavy atom. The molecule has 0 spiro atoms. The summed E-state index contributed by atoms with van der Waals surface area (Å²) in [5.74, 6) is 0. The lowest BCUT2D eigenvalue weighted by Crippen LogP contribution is -1.78. The van der Waals surface area contributed by atoms with Crippen molar-refractivity contribution in [3.05, 3.63) is 11.0 Å². The zero-order chi connectivity index (χ0) is 5.98. The first-order valence-corrected chi connectivity index (χ1v) is 4.08. The quantitative estimate of drug-likeness (QED) is 0.467. The standard InChI is InChI=1S/C5H5BrOS/c6-5-2-1-4(3-7)8-5/h1,3,5H,2H2. The van der Waals surface area contributed by atoms with Crippen molar-refractivity contribution in [3.63, 3.8) is 0 Å². The molecule has 0 aromatic carbocycles. The highest BCUT2D eigenvalue weighted by molar-refractivity contribution is 9.11. The van der Waals surface area contributed by atoms with Crippen LogP contribution in [0, 0.1) is 0 Å². The summed E-state index contributed by atoms with van der Waals surface area (Å²) >= 11 is 4.95. The third-order valence-corrected chi connectivity index (χ3v) is 2.80. The van der Waals surface area contributed by atoms with Gasteiger partial charge in [0.25, 0.3) is 0 Å². The van der Waals surface area contributed by atoms with Gasteiger partial charge in [-0.3, -0.25) is 4.79 Å². The molecule has 0 bridgehead atoms. The summed E-state index contributed by atoms with van der Waals surface area (Å²) in [6, 6.07) is 0. The molecule has 0 saturated heterocycles. The van der Waals surface area contributed by atoms with Crippen molar-refractivity contribution >= 4 is 34.0 Å². The van der Waals surface area contributed by atoms with Gasteiger partial charge in [-0.2, -0.15) is 0 Å². The molecule has 0 aromatic rings. The molecule has 0 amide bonds. The van der Waals surface area contributed by atoms with Crippen LogP contribution in [0.1, 0.15) is 6.42 Å². The first-order chi connectivity index (χ1) is 3.83. The molecular formula is C5H5BrOS. The maximum absolute atomic E-state index is 10.0. The number of hydrogen-bond acceptors (Lipinski definition) is 2. The van der Waals surface area contributed by atoms with E-state index in [4.69, 9.17) is 0 Å². The summed E-state index contributed by atoms with van der Waals surface area (Å²) in [5.41, 5.74) is 0. The van der Waals surface area contributed by atoms with E-state index in [0.29, 0.717) is 4.16 Å². The predicted octanol–water partition coefficient (Wildman–Crippen LogP) is 1.93. The lowest BCUT2D eigenvalue weighted by atomic mass is 10.4. The lowest BCUT2D eigenvalue weighted by Gasteiger charge is -1.92. The Balaban J connectivity index is 2.49. The maximum atomic E-state index is 10.0. The van der Waals surface area contributed by atoms with Crippen molar-refractivity contribution in [2.24, 2.45) is 0 Å².